The van der Waals surface area contributed by atoms with Gasteiger partial charge in [0.05, 0.1) is 31.2 Å². The maximum atomic E-state index is 12.3. The van der Waals surface area contributed by atoms with Crippen molar-refractivity contribution in [2.75, 3.05) is 32.7 Å². The Kier molecular flexibility index (Phi) is 3.16. The second-order valence-corrected chi connectivity index (χ2v) is 7.84. The lowest BCUT2D eigenvalue weighted by atomic mass is 9.84. The quantitative estimate of drug-likeness (QED) is 0.774. The number of piperazine rings is 1. The molecule has 1 aliphatic carbocycles. The van der Waals surface area contributed by atoms with E-state index in [-0.39, 0.29) is 24.0 Å². The van der Waals surface area contributed by atoms with Gasteiger partial charge in [0.25, 0.3) is 0 Å². The first kappa shape index (κ1) is 15.2. The predicted molar refractivity (Wildman–Crippen MR) is 87.5 cm³/mol. The second-order valence-electron chi connectivity index (χ2n) is 7.84. The molecular formula is C17H23N5O3. The highest BCUT2D eigenvalue weighted by Gasteiger charge is 2.63. The Balaban J connectivity index is 1.29. The number of amides is 2. The highest BCUT2D eigenvalue weighted by Crippen LogP contribution is 2.42. The SMILES string of the molecule is Cn1cncc1CN1CCN2C(=O)OC3(CN(C(=O)C4CC4)C3)C2C1. The Morgan fingerprint density at radius 1 is 1.36 bits per heavy atom. The van der Waals surface area contributed by atoms with E-state index in [1.807, 2.05) is 33.9 Å². The Morgan fingerprint density at radius 2 is 2.16 bits per heavy atom. The number of likely N-dealkylation sites (tertiary alicyclic amines) is 1. The molecule has 0 bridgehead atoms. The molecule has 3 saturated heterocycles. The van der Waals surface area contributed by atoms with E-state index in [4.69, 9.17) is 4.74 Å². The van der Waals surface area contributed by atoms with E-state index in [1.54, 1.807) is 0 Å². The standard InChI is InChI=1S/C17H23N5O3/c1-19-11-18-6-13(19)7-20-4-5-22-14(8-20)17(25-16(22)24)9-21(10-17)15(23)12-2-3-12/h6,11-12,14H,2-5,7-10H2,1H3. The monoisotopic (exact) mass is 345 g/mol. The molecule has 8 nitrogen and oxygen atoms in total. The summed E-state index contributed by atoms with van der Waals surface area (Å²) in [6, 6.07) is 0.0326. The molecule has 5 rings (SSSR count). The molecule has 8 heteroatoms. The van der Waals surface area contributed by atoms with Gasteiger partial charge in [-0.3, -0.25) is 14.6 Å². The van der Waals surface area contributed by atoms with E-state index in [0.29, 0.717) is 19.6 Å². The van der Waals surface area contributed by atoms with Crippen molar-refractivity contribution in [1.82, 2.24) is 24.3 Å². The molecule has 1 saturated carbocycles. The molecule has 2 amide bonds. The zero-order valence-electron chi connectivity index (χ0n) is 14.4. The van der Waals surface area contributed by atoms with Crippen molar-refractivity contribution in [2.45, 2.75) is 31.0 Å². The van der Waals surface area contributed by atoms with Crippen LogP contribution in [0.25, 0.3) is 0 Å². The summed E-state index contributed by atoms with van der Waals surface area (Å²) in [6.07, 6.45) is 5.50. The third-order valence-corrected chi connectivity index (χ3v) is 6.05. The lowest BCUT2D eigenvalue weighted by Crippen LogP contribution is -2.72. The molecule has 1 aromatic heterocycles. The Labute approximate surface area is 146 Å². The fourth-order valence-electron chi connectivity index (χ4n) is 4.34. The van der Waals surface area contributed by atoms with Gasteiger partial charge in [0.2, 0.25) is 5.91 Å². The number of aromatic nitrogens is 2. The number of carbonyl (C=O) groups is 2. The predicted octanol–water partition coefficient (Wildman–Crippen LogP) is 0.0475. The van der Waals surface area contributed by atoms with Crippen LogP contribution in [0.3, 0.4) is 0 Å². The van der Waals surface area contributed by atoms with E-state index >= 15 is 0 Å². The third kappa shape index (κ3) is 2.34. The minimum atomic E-state index is -0.507. The van der Waals surface area contributed by atoms with E-state index in [2.05, 4.69) is 9.88 Å². The summed E-state index contributed by atoms with van der Waals surface area (Å²) in [4.78, 5) is 34.8. The largest absolute Gasteiger partial charge is 0.437 e. The number of fused-ring (bicyclic) bond motifs is 2. The van der Waals surface area contributed by atoms with Gasteiger partial charge in [-0.25, -0.2) is 9.78 Å². The average Bonchev–Trinajstić information content (AvgIpc) is 3.28. The van der Waals surface area contributed by atoms with E-state index in [1.165, 1.54) is 0 Å². The highest BCUT2D eigenvalue weighted by molar-refractivity contribution is 5.83. The molecule has 1 atom stereocenters. The molecule has 1 spiro atoms. The Morgan fingerprint density at radius 3 is 2.84 bits per heavy atom. The summed E-state index contributed by atoms with van der Waals surface area (Å²) in [5, 5.41) is 0. The molecule has 0 aromatic carbocycles. The Hall–Kier alpha value is -2.09. The van der Waals surface area contributed by atoms with Gasteiger partial charge in [-0.15, -0.1) is 0 Å². The van der Waals surface area contributed by atoms with Crippen LogP contribution in [-0.4, -0.2) is 80.6 Å². The van der Waals surface area contributed by atoms with Crippen LogP contribution >= 0.6 is 0 Å². The molecule has 0 N–H and O–H groups in total. The number of ether oxygens (including phenoxy) is 1. The summed E-state index contributed by atoms with van der Waals surface area (Å²) in [5.41, 5.74) is 0.652. The number of nitrogens with zero attached hydrogens (tertiary/aromatic N) is 5. The lowest BCUT2D eigenvalue weighted by Gasteiger charge is -2.51. The number of hydrogen-bond donors (Lipinski definition) is 0. The zero-order chi connectivity index (χ0) is 17.2. The molecule has 1 unspecified atom stereocenters. The molecule has 3 aliphatic heterocycles. The topological polar surface area (TPSA) is 70.9 Å². The summed E-state index contributed by atoms with van der Waals surface area (Å²) in [7, 11) is 2.00. The molecule has 134 valence electrons. The number of hydrogen-bond acceptors (Lipinski definition) is 5. The fourth-order valence-corrected chi connectivity index (χ4v) is 4.34. The van der Waals surface area contributed by atoms with Gasteiger partial charge in [-0.1, -0.05) is 0 Å². The Bertz CT molecular complexity index is 722. The first-order valence-corrected chi connectivity index (χ1v) is 9.02. The fraction of sp³-hybridized carbons (Fsp3) is 0.706. The minimum Gasteiger partial charge on any atom is -0.437 e. The van der Waals surface area contributed by atoms with Gasteiger partial charge < -0.3 is 14.2 Å². The zero-order valence-corrected chi connectivity index (χ0v) is 14.4. The molecule has 4 fully saturated rings. The van der Waals surface area contributed by atoms with Crippen LogP contribution < -0.4 is 0 Å². The first-order chi connectivity index (χ1) is 12.1. The molecular weight excluding hydrogens is 322 g/mol. The average molecular weight is 345 g/mol. The number of imidazole rings is 1. The van der Waals surface area contributed by atoms with Crippen molar-refractivity contribution in [3.8, 4) is 0 Å². The van der Waals surface area contributed by atoms with Gasteiger partial charge in [-0.05, 0) is 12.8 Å². The normalized spacial score (nSPS) is 28.0. The molecule has 25 heavy (non-hydrogen) atoms. The maximum Gasteiger partial charge on any atom is 0.411 e. The van der Waals surface area contributed by atoms with E-state index in [0.717, 1.165) is 38.2 Å². The summed E-state index contributed by atoms with van der Waals surface area (Å²) in [6.45, 7) is 4.21. The van der Waals surface area contributed by atoms with Gasteiger partial charge in [-0.2, -0.15) is 0 Å². The molecule has 0 radical (unpaired) electrons. The van der Waals surface area contributed by atoms with Crippen molar-refractivity contribution in [2.24, 2.45) is 13.0 Å². The first-order valence-electron chi connectivity index (χ1n) is 9.02. The summed E-state index contributed by atoms with van der Waals surface area (Å²) >= 11 is 0. The minimum absolute atomic E-state index is 0.0326. The van der Waals surface area contributed by atoms with E-state index < -0.39 is 5.60 Å². The number of rotatable bonds is 3. The van der Waals surface area contributed by atoms with Crippen LogP contribution in [0.1, 0.15) is 18.5 Å². The highest BCUT2D eigenvalue weighted by atomic mass is 16.6. The number of carbonyl (C=O) groups excluding carboxylic acids is 2. The van der Waals surface area contributed by atoms with E-state index in [9.17, 15) is 9.59 Å². The van der Waals surface area contributed by atoms with Gasteiger partial charge in [0, 0.05) is 45.3 Å². The lowest BCUT2D eigenvalue weighted by molar-refractivity contribution is -0.157. The molecule has 1 aromatic rings. The van der Waals surface area contributed by atoms with Gasteiger partial charge in [0.1, 0.15) is 0 Å². The molecule has 4 heterocycles. The third-order valence-electron chi connectivity index (χ3n) is 6.05. The summed E-state index contributed by atoms with van der Waals surface area (Å²) < 4.78 is 7.79. The van der Waals surface area contributed by atoms with Crippen LogP contribution in [0.2, 0.25) is 0 Å². The second kappa shape index (κ2) is 5.20. The van der Waals surface area contributed by atoms with Crippen LogP contribution in [0.15, 0.2) is 12.5 Å². The van der Waals surface area contributed by atoms with Gasteiger partial charge >= 0.3 is 6.09 Å². The van der Waals surface area contributed by atoms with Crippen molar-refractivity contribution in [3.63, 3.8) is 0 Å². The smallest absolute Gasteiger partial charge is 0.411 e. The van der Waals surface area contributed by atoms with Crippen molar-refractivity contribution in [1.29, 1.82) is 0 Å². The van der Waals surface area contributed by atoms with Crippen LogP contribution in [0, 0.1) is 5.92 Å². The number of aryl methyl sites for hydroxylation is 1. The molecule has 4 aliphatic rings. The summed E-state index contributed by atoms with van der Waals surface area (Å²) in [5.74, 6) is 0.459. The van der Waals surface area contributed by atoms with Crippen molar-refractivity contribution < 1.29 is 14.3 Å². The maximum absolute atomic E-state index is 12.3. The van der Waals surface area contributed by atoms with Crippen LogP contribution in [-0.2, 0) is 23.1 Å². The van der Waals surface area contributed by atoms with Crippen molar-refractivity contribution in [3.05, 3.63) is 18.2 Å². The van der Waals surface area contributed by atoms with Crippen LogP contribution in [0.5, 0.6) is 0 Å². The van der Waals surface area contributed by atoms with Gasteiger partial charge in [0.15, 0.2) is 5.60 Å². The van der Waals surface area contributed by atoms with Crippen LogP contribution in [0.4, 0.5) is 4.79 Å². The van der Waals surface area contributed by atoms with Crippen molar-refractivity contribution >= 4 is 12.0 Å².